The van der Waals surface area contributed by atoms with Crippen LogP contribution in [-0.2, 0) is 0 Å². The molecular formula is C12H18N2O2. The minimum absolute atomic E-state index is 0.00472. The predicted octanol–water partition coefficient (Wildman–Crippen LogP) is 0.838. The van der Waals surface area contributed by atoms with Crippen LogP contribution < -0.4 is 4.73 Å². The Labute approximate surface area is 95.7 Å². The van der Waals surface area contributed by atoms with Gasteiger partial charge in [0.25, 0.3) is 0 Å². The van der Waals surface area contributed by atoms with E-state index in [9.17, 15) is 10.3 Å². The molecule has 1 N–H and O–H groups in total. The Bertz CT molecular complexity index is 351. The van der Waals surface area contributed by atoms with Gasteiger partial charge in [0.1, 0.15) is 0 Å². The van der Waals surface area contributed by atoms with Gasteiger partial charge in [-0.3, -0.25) is 4.90 Å². The average molecular weight is 222 g/mol. The fourth-order valence-corrected chi connectivity index (χ4v) is 2.27. The van der Waals surface area contributed by atoms with Crippen LogP contribution in [0.5, 0.6) is 0 Å². The van der Waals surface area contributed by atoms with Gasteiger partial charge in [-0.05, 0) is 38.9 Å². The Morgan fingerprint density at radius 1 is 1.38 bits per heavy atom. The Balaban J connectivity index is 2.11. The zero-order valence-corrected chi connectivity index (χ0v) is 9.54. The second kappa shape index (κ2) is 4.80. The number of rotatable bonds is 3. The lowest BCUT2D eigenvalue weighted by Crippen LogP contribution is -2.41. The molecular weight excluding hydrogens is 204 g/mol. The van der Waals surface area contributed by atoms with Crippen molar-refractivity contribution in [3.8, 4) is 0 Å². The van der Waals surface area contributed by atoms with E-state index in [1.165, 1.54) is 19.0 Å². The van der Waals surface area contributed by atoms with Crippen LogP contribution in [0.1, 0.15) is 31.6 Å². The topological polar surface area (TPSA) is 50.4 Å². The SMILES string of the molecule is C[C@@H]([C@@H](O)c1cccc[n+]1[O-])N1CCCC1. The highest BCUT2D eigenvalue weighted by molar-refractivity contribution is 5.03. The van der Waals surface area contributed by atoms with Crippen molar-refractivity contribution in [2.24, 2.45) is 0 Å². The highest BCUT2D eigenvalue weighted by atomic mass is 16.5. The Morgan fingerprint density at radius 2 is 2.06 bits per heavy atom. The number of aliphatic hydroxyl groups excluding tert-OH is 1. The lowest BCUT2D eigenvalue weighted by Gasteiger charge is -2.27. The van der Waals surface area contributed by atoms with Crippen molar-refractivity contribution in [1.29, 1.82) is 0 Å². The normalized spacial score (nSPS) is 20.9. The van der Waals surface area contributed by atoms with E-state index in [4.69, 9.17) is 0 Å². The Morgan fingerprint density at radius 3 is 2.69 bits per heavy atom. The molecule has 4 heteroatoms. The number of pyridine rings is 1. The molecule has 2 heterocycles. The third kappa shape index (κ3) is 2.18. The fraction of sp³-hybridized carbons (Fsp3) is 0.583. The minimum Gasteiger partial charge on any atom is -0.618 e. The molecule has 0 aromatic carbocycles. The standard InChI is InChI=1S/C12H18N2O2/c1-10(13-7-4-5-8-13)12(15)11-6-2-3-9-14(11)16/h2-3,6,9-10,12,15H,4-5,7-8H2,1H3/t10-,12+/m0/s1. The maximum absolute atomic E-state index is 11.5. The molecule has 88 valence electrons. The third-order valence-corrected chi connectivity index (χ3v) is 3.33. The lowest BCUT2D eigenvalue weighted by atomic mass is 10.1. The molecule has 0 unspecified atom stereocenters. The number of nitrogens with zero attached hydrogens (tertiary/aromatic N) is 2. The molecule has 0 bridgehead atoms. The summed E-state index contributed by atoms with van der Waals surface area (Å²) < 4.78 is 0.747. The summed E-state index contributed by atoms with van der Waals surface area (Å²) in [6.07, 6.45) is 3.08. The number of hydrogen-bond acceptors (Lipinski definition) is 3. The van der Waals surface area contributed by atoms with Crippen LogP contribution in [0.15, 0.2) is 24.4 Å². The second-order valence-corrected chi connectivity index (χ2v) is 4.38. The molecule has 1 aromatic rings. The molecule has 0 amide bonds. The summed E-state index contributed by atoms with van der Waals surface area (Å²) in [7, 11) is 0. The molecule has 1 aliphatic heterocycles. The molecule has 4 nitrogen and oxygen atoms in total. The molecule has 1 saturated heterocycles. The van der Waals surface area contributed by atoms with E-state index >= 15 is 0 Å². The molecule has 1 aliphatic rings. The first kappa shape index (κ1) is 11.4. The van der Waals surface area contributed by atoms with E-state index < -0.39 is 6.10 Å². The summed E-state index contributed by atoms with van der Waals surface area (Å²) in [4.78, 5) is 2.23. The number of hydrogen-bond donors (Lipinski definition) is 1. The van der Waals surface area contributed by atoms with Crippen LogP contribution >= 0.6 is 0 Å². The van der Waals surface area contributed by atoms with Crippen molar-refractivity contribution in [1.82, 2.24) is 4.90 Å². The van der Waals surface area contributed by atoms with Crippen LogP contribution in [-0.4, -0.2) is 29.1 Å². The summed E-state index contributed by atoms with van der Waals surface area (Å²) >= 11 is 0. The Kier molecular flexibility index (Phi) is 3.41. The Hall–Kier alpha value is -1.13. The lowest BCUT2D eigenvalue weighted by molar-refractivity contribution is -0.619. The van der Waals surface area contributed by atoms with Gasteiger partial charge in [-0.15, -0.1) is 0 Å². The van der Waals surface area contributed by atoms with Gasteiger partial charge in [0.15, 0.2) is 12.3 Å². The molecule has 1 fully saturated rings. The largest absolute Gasteiger partial charge is 0.618 e. The van der Waals surface area contributed by atoms with Crippen LogP contribution in [0.2, 0.25) is 0 Å². The second-order valence-electron chi connectivity index (χ2n) is 4.38. The quantitative estimate of drug-likeness (QED) is 0.609. The molecule has 2 rings (SSSR count). The highest BCUT2D eigenvalue weighted by Crippen LogP contribution is 2.21. The van der Waals surface area contributed by atoms with Crippen LogP contribution in [0.3, 0.4) is 0 Å². The van der Waals surface area contributed by atoms with Gasteiger partial charge >= 0.3 is 0 Å². The summed E-state index contributed by atoms with van der Waals surface area (Å²) in [6.45, 7) is 4.01. The van der Waals surface area contributed by atoms with Gasteiger partial charge in [-0.25, -0.2) is 0 Å². The van der Waals surface area contributed by atoms with E-state index in [-0.39, 0.29) is 6.04 Å². The predicted molar refractivity (Wildman–Crippen MR) is 60.6 cm³/mol. The van der Waals surface area contributed by atoms with Gasteiger partial charge < -0.3 is 10.3 Å². The fourth-order valence-electron chi connectivity index (χ4n) is 2.27. The van der Waals surface area contributed by atoms with E-state index in [1.54, 1.807) is 18.2 Å². The maximum Gasteiger partial charge on any atom is 0.222 e. The zero-order chi connectivity index (χ0) is 11.5. The van der Waals surface area contributed by atoms with Crippen LogP contribution in [0.25, 0.3) is 0 Å². The van der Waals surface area contributed by atoms with Gasteiger partial charge in [-0.1, -0.05) is 0 Å². The van der Waals surface area contributed by atoms with Gasteiger partial charge in [0.05, 0.1) is 0 Å². The molecule has 0 radical (unpaired) electrons. The van der Waals surface area contributed by atoms with Crippen molar-refractivity contribution in [2.45, 2.75) is 31.9 Å². The van der Waals surface area contributed by atoms with E-state index in [1.807, 2.05) is 6.92 Å². The summed E-state index contributed by atoms with van der Waals surface area (Å²) in [6, 6.07) is 5.14. The van der Waals surface area contributed by atoms with Crippen LogP contribution in [0, 0.1) is 5.21 Å². The van der Waals surface area contributed by atoms with Crippen molar-refractivity contribution >= 4 is 0 Å². The summed E-state index contributed by atoms with van der Waals surface area (Å²) in [5.41, 5.74) is 0.432. The number of likely N-dealkylation sites (tertiary alicyclic amines) is 1. The summed E-state index contributed by atoms with van der Waals surface area (Å²) in [5, 5.41) is 21.7. The van der Waals surface area contributed by atoms with Crippen LogP contribution in [0.4, 0.5) is 0 Å². The van der Waals surface area contributed by atoms with E-state index in [0.717, 1.165) is 17.8 Å². The van der Waals surface area contributed by atoms with Crippen molar-refractivity contribution in [2.75, 3.05) is 13.1 Å². The van der Waals surface area contributed by atoms with Crippen molar-refractivity contribution in [3.63, 3.8) is 0 Å². The average Bonchev–Trinajstić information content (AvgIpc) is 2.81. The van der Waals surface area contributed by atoms with E-state index in [2.05, 4.69) is 4.90 Å². The van der Waals surface area contributed by atoms with Crippen molar-refractivity contribution < 1.29 is 9.84 Å². The van der Waals surface area contributed by atoms with Gasteiger partial charge in [0.2, 0.25) is 5.69 Å². The van der Waals surface area contributed by atoms with E-state index in [0.29, 0.717) is 5.69 Å². The van der Waals surface area contributed by atoms with Gasteiger partial charge in [-0.2, -0.15) is 4.73 Å². The molecule has 2 atom stereocenters. The molecule has 16 heavy (non-hydrogen) atoms. The first-order valence-electron chi connectivity index (χ1n) is 5.80. The first-order valence-corrected chi connectivity index (χ1v) is 5.80. The smallest absolute Gasteiger partial charge is 0.222 e. The maximum atomic E-state index is 11.5. The zero-order valence-electron chi connectivity index (χ0n) is 9.54. The molecule has 0 spiro atoms. The minimum atomic E-state index is -0.711. The molecule has 0 aliphatic carbocycles. The summed E-state index contributed by atoms with van der Waals surface area (Å²) in [5.74, 6) is 0. The highest BCUT2D eigenvalue weighted by Gasteiger charge is 2.29. The third-order valence-electron chi connectivity index (χ3n) is 3.33. The number of aliphatic hydroxyl groups is 1. The van der Waals surface area contributed by atoms with Crippen molar-refractivity contribution in [3.05, 3.63) is 35.3 Å². The monoisotopic (exact) mass is 222 g/mol. The first-order chi connectivity index (χ1) is 7.70. The molecule has 0 saturated carbocycles. The van der Waals surface area contributed by atoms with Gasteiger partial charge in [0, 0.05) is 18.2 Å². The molecule has 1 aromatic heterocycles. The number of aromatic nitrogens is 1.